The van der Waals surface area contributed by atoms with Crippen molar-refractivity contribution in [3.63, 3.8) is 0 Å². The fourth-order valence-corrected chi connectivity index (χ4v) is 3.41. The van der Waals surface area contributed by atoms with Crippen molar-refractivity contribution in [2.45, 2.75) is 91.6 Å². The molecule has 1 fully saturated rings. The molecular formula is C17H35N. The quantitative estimate of drug-likeness (QED) is 0.656. The highest BCUT2D eigenvalue weighted by atomic mass is 15.0. The smallest absolute Gasteiger partial charge is 0.00952 e. The fraction of sp³-hybridized carbons (Fsp3) is 1.00. The Kier molecular flexibility index (Phi) is 7.29. The van der Waals surface area contributed by atoms with Crippen LogP contribution in [0.2, 0.25) is 0 Å². The third-order valence-electron chi connectivity index (χ3n) is 4.32. The van der Waals surface area contributed by atoms with Crippen LogP contribution < -0.4 is 5.32 Å². The van der Waals surface area contributed by atoms with Crippen molar-refractivity contribution in [1.29, 1.82) is 0 Å². The van der Waals surface area contributed by atoms with Crippen LogP contribution in [0.4, 0.5) is 0 Å². The predicted octanol–water partition coefficient (Wildman–Crippen LogP) is 5.01. The van der Waals surface area contributed by atoms with E-state index >= 15 is 0 Å². The molecule has 1 rings (SSSR count). The van der Waals surface area contributed by atoms with Crippen LogP contribution in [0.15, 0.2) is 0 Å². The van der Waals surface area contributed by atoms with Gasteiger partial charge in [-0.15, -0.1) is 0 Å². The molecule has 0 amide bonds. The summed E-state index contributed by atoms with van der Waals surface area (Å²) in [6.07, 6.45) is 9.81. The summed E-state index contributed by atoms with van der Waals surface area (Å²) >= 11 is 0. The van der Waals surface area contributed by atoms with Crippen molar-refractivity contribution in [1.82, 2.24) is 5.32 Å². The Morgan fingerprint density at radius 2 is 1.44 bits per heavy atom. The van der Waals surface area contributed by atoms with Crippen LogP contribution in [0.1, 0.15) is 79.6 Å². The van der Waals surface area contributed by atoms with E-state index < -0.39 is 0 Å². The molecule has 0 aromatic heterocycles. The van der Waals surface area contributed by atoms with Gasteiger partial charge in [0.15, 0.2) is 0 Å². The van der Waals surface area contributed by atoms with E-state index in [9.17, 15) is 0 Å². The average Bonchev–Trinajstić information content (AvgIpc) is 2.42. The van der Waals surface area contributed by atoms with E-state index in [-0.39, 0.29) is 0 Å². The van der Waals surface area contributed by atoms with Gasteiger partial charge in [0.2, 0.25) is 0 Å². The maximum atomic E-state index is 4.01. The highest BCUT2D eigenvalue weighted by molar-refractivity contribution is 4.81. The first-order valence-electron chi connectivity index (χ1n) is 8.25. The molecule has 1 saturated carbocycles. The molecule has 1 N–H and O–H groups in total. The lowest BCUT2D eigenvalue weighted by molar-refractivity contribution is 0.272. The van der Waals surface area contributed by atoms with Gasteiger partial charge < -0.3 is 5.32 Å². The summed E-state index contributed by atoms with van der Waals surface area (Å²) in [5.41, 5.74) is 0. The highest BCUT2D eigenvalue weighted by Crippen LogP contribution is 2.25. The molecule has 1 heteroatoms. The van der Waals surface area contributed by atoms with E-state index in [1.807, 2.05) is 0 Å². The zero-order valence-corrected chi connectivity index (χ0v) is 13.3. The Balaban J connectivity index is 2.51. The van der Waals surface area contributed by atoms with Crippen LogP contribution in [0.3, 0.4) is 0 Å². The monoisotopic (exact) mass is 253 g/mol. The molecule has 0 radical (unpaired) electrons. The number of nitrogens with one attached hydrogen (secondary N) is 1. The zero-order chi connectivity index (χ0) is 13.5. The summed E-state index contributed by atoms with van der Waals surface area (Å²) in [6.45, 7) is 11.9. The third-order valence-corrected chi connectivity index (χ3v) is 4.32. The minimum atomic E-state index is 0.732. The second-order valence-electron chi connectivity index (χ2n) is 7.34. The average molecular weight is 253 g/mol. The fourth-order valence-electron chi connectivity index (χ4n) is 3.41. The van der Waals surface area contributed by atoms with Gasteiger partial charge in [-0.3, -0.25) is 0 Å². The van der Waals surface area contributed by atoms with Gasteiger partial charge in [0.25, 0.3) is 0 Å². The van der Waals surface area contributed by atoms with Gasteiger partial charge in [-0.05, 0) is 43.4 Å². The second kappa shape index (κ2) is 8.19. The lowest BCUT2D eigenvalue weighted by atomic mass is 9.91. The van der Waals surface area contributed by atoms with Crippen molar-refractivity contribution >= 4 is 0 Å². The molecule has 0 spiro atoms. The largest absolute Gasteiger partial charge is 0.311 e. The van der Waals surface area contributed by atoms with Gasteiger partial charge in [0, 0.05) is 12.1 Å². The van der Waals surface area contributed by atoms with E-state index in [0.29, 0.717) is 0 Å². The summed E-state index contributed by atoms with van der Waals surface area (Å²) in [6, 6.07) is 1.51. The summed E-state index contributed by atoms with van der Waals surface area (Å²) in [5, 5.41) is 4.01. The van der Waals surface area contributed by atoms with Crippen LogP contribution in [0, 0.1) is 17.8 Å². The molecule has 0 saturated heterocycles. The lowest BCUT2D eigenvalue weighted by Gasteiger charge is -2.31. The minimum absolute atomic E-state index is 0.732. The predicted molar refractivity (Wildman–Crippen MR) is 81.9 cm³/mol. The van der Waals surface area contributed by atoms with Gasteiger partial charge >= 0.3 is 0 Å². The topological polar surface area (TPSA) is 12.0 Å². The summed E-state index contributed by atoms with van der Waals surface area (Å²) in [5.74, 6) is 2.49. The van der Waals surface area contributed by atoms with E-state index in [2.05, 4.69) is 39.9 Å². The van der Waals surface area contributed by atoms with Gasteiger partial charge in [0.1, 0.15) is 0 Å². The van der Waals surface area contributed by atoms with Crippen LogP contribution in [0.25, 0.3) is 0 Å². The number of hydrogen-bond donors (Lipinski definition) is 1. The van der Waals surface area contributed by atoms with Crippen molar-refractivity contribution in [2.75, 3.05) is 0 Å². The molecule has 0 bridgehead atoms. The van der Waals surface area contributed by atoms with Gasteiger partial charge in [-0.2, -0.15) is 0 Å². The third kappa shape index (κ3) is 6.22. The normalized spacial score (nSPS) is 26.0. The van der Waals surface area contributed by atoms with E-state index in [1.165, 1.54) is 44.9 Å². The maximum absolute atomic E-state index is 4.01. The summed E-state index contributed by atoms with van der Waals surface area (Å²) in [4.78, 5) is 0. The molecule has 2 unspecified atom stereocenters. The van der Waals surface area contributed by atoms with Gasteiger partial charge in [-0.25, -0.2) is 0 Å². The van der Waals surface area contributed by atoms with E-state index in [1.54, 1.807) is 0 Å². The molecule has 0 aromatic carbocycles. The molecular weight excluding hydrogens is 218 g/mol. The van der Waals surface area contributed by atoms with Crippen LogP contribution >= 0.6 is 0 Å². The highest BCUT2D eigenvalue weighted by Gasteiger charge is 2.23. The number of hydrogen-bond acceptors (Lipinski definition) is 1. The Morgan fingerprint density at radius 1 is 0.889 bits per heavy atom. The maximum Gasteiger partial charge on any atom is 0.00952 e. The van der Waals surface area contributed by atoms with Crippen LogP contribution in [-0.4, -0.2) is 12.1 Å². The zero-order valence-electron chi connectivity index (χ0n) is 13.3. The van der Waals surface area contributed by atoms with Crippen LogP contribution in [0.5, 0.6) is 0 Å². The Morgan fingerprint density at radius 3 is 2.00 bits per heavy atom. The standard InChI is InChI=1S/C17H35N/c1-13(2)11-16(12-14(3)4)18-17-10-8-6-7-9-15(17)5/h13-18H,6-12H2,1-5H3. The molecule has 18 heavy (non-hydrogen) atoms. The molecule has 2 atom stereocenters. The molecule has 0 aromatic rings. The van der Waals surface area contributed by atoms with Crippen LogP contribution in [-0.2, 0) is 0 Å². The molecule has 1 nitrogen and oxygen atoms in total. The Hall–Kier alpha value is -0.0400. The molecule has 0 heterocycles. The van der Waals surface area contributed by atoms with Crippen molar-refractivity contribution < 1.29 is 0 Å². The SMILES string of the molecule is CC(C)CC(CC(C)C)NC1CCCCCC1C. The summed E-state index contributed by atoms with van der Waals surface area (Å²) in [7, 11) is 0. The first-order chi connectivity index (χ1) is 8.49. The van der Waals surface area contributed by atoms with Gasteiger partial charge in [-0.1, -0.05) is 53.9 Å². The Bertz CT molecular complexity index is 200. The first kappa shape index (κ1) is 16.0. The first-order valence-corrected chi connectivity index (χ1v) is 8.25. The van der Waals surface area contributed by atoms with E-state index in [0.717, 1.165) is 29.8 Å². The van der Waals surface area contributed by atoms with E-state index in [4.69, 9.17) is 0 Å². The molecule has 0 aliphatic heterocycles. The molecule has 108 valence electrons. The summed E-state index contributed by atoms with van der Waals surface area (Å²) < 4.78 is 0. The Labute approximate surface area is 115 Å². The molecule has 1 aliphatic rings. The minimum Gasteiger partial charge on any atom is -0.311 e. The van der Waals surface area contributed by atoms with Crippen molar-refractivity contribution in [3.05, 3.63) is 0 Å². The number of rotatable bonds is 6. The lowest BCUT2D eigenvalue weighted by Crippen LogP contribution is -2.43. The van der Waals surface area contributed by atoms with Crippen molar-refractivity contribution in [3.8, 4) is 0 Å². The van der Waals surface area contributed by atoms with Crippen molar-refractivity contribution in [2.24, 2.45) is 17.8 Å². The molecule has 1 aliphatic carbocycles. The second-order valence-corrected chi connectivity index (χ2v) is 7.34. The van der Waals surface area contributed by atoms with Gasteiger partial charge in [0.05, 0.1) is 0 Å².